The van der Waals surface area contributed by atoms with Gasteiger partial charge in [-0.2, -0.15) is 8.42 Å². The van der Waals surface area contributed by atoms with Crippen LogP contribution in [0.4, 0.5) is 4.79 Å². The van der Waals surface area contributed by atoms with Crippen LogP contribution in [0, 0.1) is 0 Å². The van der Waals surface area contributed by atoms with Crippen LogP contribution >= 0.6 is 0 Å². The highest BCUT2D eigenvalue weighted by Gasteiger charge is 2.27. The first kappa shape index (κ1) is 19.7. The minimum absolute atomic E-state index is 0.0518. The zero-order chi connectivity index (χ0) is 18.7. The Morgan fingerprint density at radius 1 is 1.16 bits per heavy atom. The highest BCUT2D eigenvalue weighted by Crippen LogP contribution is 2.29. The molecule has 7 heteroatoms. The third-order valence-electron chi connectivity index (χ3n) is 4.04. The standard InChI is InChI=1S/C18H27NO5S/c1-18(2,3)24-17(20)19-11-9-16(10-12-19)15-7-5-14(6-8-15)13-23-25(4,21)22/h5-8,16H,9-13H2,1-4H3. The molecular weight excluding hydrogens is 342 g/mol. The van der Waals surface area contributed by atoms with Crippen molar-refractivity contribution in [1.29, 1.82) is 0 Å². The van der Waals surface area contributed by atoms with E-state index in [0.717, 1.165) is 24.7 Å². The Hall–Kier alpha value is -1.60. The van der Waals surface area contributed by atoms with Crippen molar-refractivity contribution >= 4 is 16.2 Å². The van der Waals surface area contributed by atoms with Gasteiger partial charge in [0.2, 0.25) is 0 Å². The van der Waals surface area contributed by atoms with Gasteiger partial charge in [-0.1, -0.05) is 24.3 Å². The molecule has 1 aliphatic rings. The minimum Gasteiger partial charge on any atom is -0.444 e. The Bertz CT molecular complexity index is 683. The number of piperidine rings is 1. The predicted octanol–water partition coefficient (Wildman–Crippen LogP) is 3.28. The van der Waals surface area contributed by atoms with E-state index in [1.807, 2.05) is 45.0 Å². The molecule has 1 aliphatic heterocycles. The molecule has 0 radical (unpaired) electrons. The number of carbonyl (C=O) groups is 1. The van der Waals surface area contributed by atoms with E-state index in [1.165, 1.54) is 5.56 Å². The number of likely N-dealkylation sites (tertiary alicyclic amines) is 1. The third kappa shape index (κ3) is 6.66. The number of ether oxygens (including phenoxy) is 1. The Morgan fingerprint density at radius 2 is 1.72 bits per heavy atom. The number of nitrogens with zero attached hydrogens (tertiary/aromatic N) is 1. The molecule has 6 nitrogen and oxygen atoms in total. The number of carbonyl (C=O) groups excluding carboxylic acids is 1. The van der Waals surface area contributed by atoms with Crippen LogP contribution in [0.3, 0.4) is 0 Å². The van der Waals surface area contributed by atoms with Crippen LogP contribution in [-0.2, 0) is 25.6 Å². The molecule has 1 saturated heterocycles. The fraction of sp³-hybridized carbons (Fsp3) is 0.611. The summed E-state index contributed by atoms with van der Waals surface area (Å²) in [6.45, 7) is 7.01. The monoisotopic (exact) mass is 369 g/mol. The van der Waals surface area contributed by atoms with Crippen molar-refractivity contribution in [2.24, 2.45) is 0 Å². The quantitative estimate of drug-likeness (QED) is 0.762. The number of hydrogen-bond donors (Lipinski definition) is 0. The Kier molecular flexibility index (Phi) is 6.11. The molecule has 2 rings (SSSR count). The lowest BCUT2D eigenvalue weighted by molar-refractivity contribution is 0.0205. The van der Waals surface area contributed by atoms with Crippen molar-refractivity contribution in [3.63, 3.8) is 0 Å². The number of rotatable bonds is 4. The average molecular weight is 369 g/mol. The zero-order valence-corrected chi connectivity index (χ0v) is 16.1. The molecule has 1 aromatic rings. The van der Waals surface area contributed by atoms with Crippen LogP contribution in [-0.4, -0.2) is 44.4 Å². The summed E-state index contributed by atoms with van der Waals surface area (Å²) in [5.74, 6) is 0.392. The molecule has 1 fully saturated rings. The maximum atomic E-state index is 12.1. The zero-order valence-electron chi connectivity index (χ0n) is 15.3. The van der Waals surface area contributed by atoms with Crippen molar-refractivity contribution in [1.82, 2.24) is 4.90 Å². The minimum atomic E-state index is -3.43. The summed E-state index contributed by atoms with van der Waals surface area (Å²) in [6, 6.07) is 7.80. The van der Waals surface area contributed by atoms with Gasteiger partial charge in [-0.25, -0.2) is 4.79 Å². The van der Waals surface area contributed by atoms with E-state index in [4.69, 9.17) is 8.92 Å². The van der Waals surface area contributed by atoms with E-state index < -0.39 is 15.7 Å². The molecule has 0 saturated carbocycles. The van der Waals surface area contributed by atoms with E-state index in [1.54, 1.807) is 4.90 Å². The van der Waals surface area contributed by atoms with Gasteiger partial charge < -0.3 is 9.64 Å². The molecule has 0 bridgehead atoms. The lowest BCUT2D eigenvalue weighted by Crippen LogP contribution is -2.41. The van der Waals surface area contributed by atoms with E-state index in [-0.39, 0.29) is 12.7 Å². The molecule has 25 heavy (non-hydrogen) atoms. The number of amides is 1. The van der Waals surface area contributed by atoms with Gasteiger partial charge in [0.05, 0.1) is 12.9 Å². The Morgan fingerprint density at radius 3 is 2.20 bits per heavy atom. The van der Waals surface area contributed by atoms with Gasteiger partial charge in [-0.15, -0.1) is 0 Å². The van der Waals surface area contributed by atoms with Crippen molar-refractivity contribution in [2.75, 3.05) is 19.3 Å². The molecule has 0 unspecified atom stereocenters. The lowest BCUT2D eigenvalue weighted by Gasteiger charge is -2.33. The second kappa shape index (κ2) is 7.74. The summed E-state index contributed by atoms with van der Waals surface area (Å²) < 4.78 is 32.3. The summed E-state index contributed by atoms with van der Waals surface area (Å²) >= 11 is 0. The van der Waals surface area contributed by atoms with Crippen LogP contribution < -0.4 is 0 Å². The SMILES string of the molecule is CC(C)(C)OC(=O)N1CCC(c2ccc(COS(C)(=O)=O)cc2)CC1. The Balaban J connectivity index is 1.87. The van der Waals surface area contributed by atoms with Crippen LogP contribution in [0.2, 0.25) is 0 Å². The first-order valence-corrected chi connectivity index (χ1v) is 10.3. The van der Waals surface area contributed by atoms with Gasteiger partial charge in [0.1, 0.15) is 5.60 Å². The molecule has 0 aliphatic carbocycles. The van der Waals surface area contributed by atoms with Crippen molar-refractivity contribution in [3.05, 3.63) is 35.4 Å². The van der Waals surface area contributed by atoms with Gasteiger partial charge in [-0.05, 0) is 50.7 Å². The number of hydrogen-bond acceptors (Lipinski definition) is 5. The molecule has 0 spiro atoms. The molecule has 0 atom stereocenters. The highest BCUT2D eigenvalue weighted by molar-refractivity contribution is 7.85. The second-order valence-electron chi connectivity index (χ2n) is 7.45. The summed E-state index contributed by atoms with van der Waals surface area (Å²) in [4.78, 5) is 13.9. The molecule has 1 heterocycles. The van der Waals surface area contributed by atoms with Gasteiger partial charge in [-0.3, -0.25) is 4.18 Å². The van der Waals surface area contributed by atoms with Crippen LogP contribution in [0.5, 0.6) is 0 Å². The van der Waals surface area contributed by atoms with E-state index in [9.17, 15) is 13.2 Å². The van der Waals surface area contributed by atoms with Crippen molar-refractivity contribution in [3.8, 4) is 0 Å². The van der Waals surface area contributed by atoms with Gasteiger partial charge in [0.15, 0.2) is 0 Å². The van der Waals surface area contributed by atoms with E-state index in [0.29, 0.717) is 19.0 Å². The van der Waals surface area contributed by atoms with Crippen molar-refractivity contribution < 1.29 is 22.1 Å². The second-order valence-corrected chi connectivity index (χ2v) is 9.09. The van der Waals surface area contributed by atoms with Crippen LogP contribution in [0.25, 0.3) is 0 Å². The van der Waals surface area contributed by atoms with Crippen molar-refractivity contribution in [2.45, 2.75) is 51.7 Å². The molecule has 0 N–H and O–H groups in total. The molecule has 140 valence electrons. The summed E-state index contributed by atoms with van der Waals surface area (Å²) in [6.07, 6.45) is 2.57. The fourth-order valence-corrected chi connectivity index (χ4v) is 3.13. The molecular formula is C18H27NO5S. The third-order valence-corrected chi connectivity index (χ3v) is 4.58. The summed E-state index contributed by atoms with van der Waals surface area (Å²) in [5, 5.41) is 0. The number of benzene rings is 1. The first-order chi connectivity index (χ1) is 11.5. The molecule has 0 aromatic heterocycles. The lowest BCUT2D eigenvalue weighted by atomic mass is 9.89. The van der Waals surface area contributed by atoms with Gasteiger partial charge >= 0.3 is 6.09 Å². The summed E-state index contributed by atoms with van der Waals surface area (Å²) in [5.41, 5.74) is 1.55. The summed E-state index contributed by atoms with van der Waals surface area (Å²) in [7, 11) is -3.43. The Labute approximate surface area is 150 Å². The van der Waals surface area contributed by atoms with E-state index in [2.05, 4.69) is 0 Å². The predicted molar refractivity (Wildman–Crippen MR) is 95.9 cm³/mol. The largest absolute Gasteiger partial charge is 0.444 e. The van der Waals surface area contributed by atoms with Gasteiger partial charge in [0.25, 0.3) is 10.1 Å². The van der Waals surface area contributed by atoms with Crippen LogP contribution in [0.15, 0.2) is 24.3 Å². The molecule has 1 aromatic carbocycles. The maximum absolute atomic E-state index is 12.1. The van der Waals surface area contributed by atoms with Crippen LogP contribution in [0.1, 0.15) is 50.7 Å². The normalized spacial score (nSPS) is 16.7. The smallest absolute Gasteiger partial charge is 0.410 e. The topological polar surface area (TPSA) is 72.9 Å². The average Bonchev–Trinajstić information content (AvgIpc) is 2.51. The fourth-order valence-electron chi connectivity index (χ4n) is 2.78. The first-order valence-electron chi connectivity index (χ1n) is 8.45. The van der Waals surface area contributed by atoms with E-state index >= 15 is 0 Å². The highest BCUT2D eigenvalue weighted by atomic mass is 32.2. The van der Waals surface area contributed by atoms with Gasteiger partial charge in [0, 0.05) is 13.1 Å². The maximum Gasteiger partial charge on any atom is 0.410 e. The molecule has 1 amide bonds.